The van der Waals surface area contributed by atoms with Crippen LogP contribution in [0.3, 0.4) is 0 Å². The standard InChI is InChI=1S/C22H23Cl2NO4.ClH/c23-16-2-1-15(19(24)11-16)13-28-17-3-4-18-20(12-17)29-14-22(18)6-9-25(10-7-22)8-5-21(26)27;/h1-4,11-12H,5-10,13-14H2,(H,26,27);1H. The van der Waals surface area contributed by atoms with Gasteiger partial charge < -0.3 is 19.5 Å². The number of nitrogens with zero attached hydrogens (tertiary/aromatic N) is 1. The van der Waals surface area contributed by atoms with E-state index in [1.54, 1.807) is 12.1 Å². The summed E-state index contributed by atoms with van der Waals surface area (Å²) in [5.74, 6) is 0.877. The number of carboxylic acid groups (broad SMARTS) is 1. The summed E-state index contributed by atoms with van der Waals surface area (Å²) in [6.45, 7) is 3.42. The Balaban J connectivity index is 0.00000256. The topological polar surface area (TPSA) is 59.0 Å². The Bertz CT molecular complexity index is 913. The number of carboxylic acids is 1. The third kappa shape index (κ3) is 4.97. The highest BCUT2D eigenvalue weighted by Crippen LogP contribution is 2.46. The van der Waals surface area contributed by atoms with E-state index in [1.165, 1.54) is 5.56 Å². The van der Waals surface area contributed by atoms with Gasteiger partial charge in [0, 0.05) is 39.2 Å². The number of piperidine rings is 1. The van der Waals surface area contributed by atoms with Gasteiger partial charge in [0.05, 0.1) is 13.0 Å². The van der Waals surface area contributed by atoms with Gasteiger partial charge in [-0.15, -0.1) is 12.4 Å². The summed E-state index contributed by atoms with van der Waals surface area (Å²) in [5.41, 5.74) is 2.13. The van der Waals surface area contributed by atoms with E-state index in [0.29, 0.717) is 29.8 Å². The molecule has 2 heterocycles. The Labute approximate surface area is 192 Å². The lowest BCUT2D eigenvalue weighted by Crippen LogP contribution is -2.44. The van der Waals surface area contributed by atoms with Gasteiger partial charge in [0.1, 0.15) is 18.1 Å². The number of rotatable bonds is 6. The van der Waals surface area contributed by atoms with Gasteiger partial charge in [-0.2, -0.15) is 0 Å². The number of hydrogen-bond donors (Lipinski definition) is 1. The second kappa shape index (κ2) is 9.65. The zero-order valence-electron chi connectivity index (χ0n) is 16.4. The third-order valence-electron chi connectivity index (χ3n) is 5.89. The maximum absolute atomic E-state index is 10.8. The van der Waals surface area contributed by atoms with Gasteiger partial charge in [-0.3, -0.25) is 4.79 Å². The number of ether oxygens (including phenoxy) is 2. The molecule has 0 aromatic heterocycles. The normalized spacial score (nSPS) is 17.1. The molecule has 30 heavy (non-hydrogen) atoms. The highest BCUT2D eigenvalue weighted by Gasteiger charge is 2.43. The lowest BCUT2D eigenvalue weighted by molar-refractivity contribution is -0.137. The van der Waals surface area contributed by atoms with Crippen molar-refractivity contribution < 1.29 is 19.4 Å². The molecular weight excluding hydrogens is 449 g/mol. The van der Waals surface area contributed by atoms with E-state index >= 15 is 0 Å². The third-order valence-corrected chi connectivity index (χ3v) is 6.48. The number of hydrogen-bond acceptors (Lipinski definition) is 4. The molecule has 1 fully saturated rings. The van der Waals surface area contributed by atoms with E-state index in [2.05, 4.69) is 11.0 Å². The van der Waals surface area contributed by atoms with Crippen molar-refractivity contribution in [2.24, 2.45) is 0 Å². The zero-order valence-corrected chi connectivity index (χ0v) is 18.7. The Morgan fingerprint density at radius 3 is 2.63 bits per heavy atom. The number of benzene rings is 2. The van der Waals surface area contributed by atoms with Crippen LogP contribution in [0.25, 0.3) is 0 Å². The Morgan fingerprint density at radius 1 is 1.17 bits per heavy atom. The van der Waals surface area contributed by atoms with Crippen molar-refractivity contribution in [1.29, 1.82) is 0 Å². The fourth-order valence-corrected chi connectivity index (χ4v) is 4.58. The summed E-state index contributed by atoms with van der Waals surface area (Å²) in [6.07, 6.45) is 2.14. The molecule has 1 spiro atoms. The molecule has 0 aliphatic carbocycles. The monoisotopic (exact) mass is 471 g/mol. The van der Waals surface area contributed by atoms with Crippen LogP contribution in [0.4, 0.5) is 0 Å². The highest BCUT2D eigenvalue weighted by atomic mass is 35.5. The molecule has 0 bridgehead atoms. The molecule has 8 heteroatoms. The van der Waals surface area contributed by atoms with Crippen molar-refractivity contribution in [3.05, 3.63) is 57.6 Å². The predicted molar refractivity (Wildman–Crippen MR) is 120 cm³/mol. The minimum Gasteiger partial charge on any atom is -0.492 e. The van der Waals surface area contributed by atoms with Crippen molar-refractivity contribution >= 4 is 41.6 Å². The molecule has 1 saturated heterocycles. The van der Waals surface area contributed by atoms with Crippen molar-refractivity contribution in [2.75, 3.05) is 26.2 Å². The molecule has 162 valence electrons. The summed E-state index contributed by atoms with van der Waals surface area (Å²) < 4.78 is 11.9. The van der Waals surface area contributed by atoms with Crippen molar-refractivity contribution in [1.82, 2.24) is 4.90 Å². The molecule has 5 nitrogen and oxygen atoms in total. The van der Waals surface area contributed by atoms with Crippen LogP contribution in [-0.2, 0) is 16.8 Å². The Hall–Kier alpha value is -1.66. The van der Waals surface area contributed by atoms with Crippen molar-refractivity contribution in [2.45, 2.75) is 31.3 Å². The molecule has 0 unspecified atom stereocenters. The van der Waals surface area contributed by atoms with Crippen LogP contribution in [-0.4, -0.2) is 42.2 Å². The molecule has 0 atom stereocenters. The van der Waals surface area contributed by atoms with E-state index < -0.39 is 5.97 Å². The van der Waals surface area contributed by atoms with E-state index in [9.17, 15) is 4.79 Å². The maximum atomic E-state index is 10.8. The van der Waals surface area contributed by atoms with Crippen LogP contribution in [0.5, 0.6) is 11.5 Å². The molecule has 0 saturated carbocycles. The number of carbonyl (C=O) groups is 1. The van der Waals surface area contributed by atoms with Gasteiger partial charge in [-0.05, 0) is 44.1 Å². The largest absolute Gasteiger partial charge is 0.492 e. The average molecular weight is 473 g/mol. The van der Waals surface area contributed by atoms with Crippen molar-refractivity contribution in [3.63, 3.8) is 0 Å². The number of likely N-dealkylation sites (tertiary alicyclic amines) is 1. The first-order valence-corrected chi connectivity index (χ1v) is 10.5. The first-order valence-electron chi connectivity index (χ1n) is 9.73. The quantitative estimate of drug-likeness (QED) is 0.626. The van der Waals surface area contributed by atoms with E-state index in [-0.39, 0.29) is 24.2 Å². The fraction of sp³-hybridized carbons (Fsp3) is 0.409. The summed E-state index contributed by atoms with van der Waals surface area (Å²) >= 11 is 12.2. The van der Waals surface area contributed by atoms with Crippen molar-refractivity contribution in [3.8, 4) is 11.5 Å². The fourth-order valence-electron chi connectivity index (χ4n) is 4.12. The number of halogens is 3. The van der Waals surface area contributed by atoms with Gasteiger partial charge in [0.15, 0.2) is 0 Å². The lowest BCUT2D eigenvalue weighted by Gasteiger charge is -2.38. The molecule has 0 amide bonds. The minimum atomic E-state index is -0.743. The molecule has 2 aliphatic rings. The van der Waals surface area contributed by atoms with Crippen LogP contribution in [0.1, 0.15) is 30.4 Å². The van der Waals surface area contributed by atoms with Crippen LogP contribution < -0.4 is 9.47 Å². The SMILES string of the molecule is Cl.O=C(O)CCN1CCC2(CC1)COc1cc(OCc3ccc(Cl)cc3Cl)ccc12. The van der Waals surface area contributed by atoms with Gasteiger partial charge in [-0.1, -0.05) is 35.3 Å². The van der Waals surface area contributed by atoms with Gasteiger partial charge >= 0.3 is 5.97 Å². The van der Waals surface area contributed by atoms with Gasteiger partial charge in [-0.25, -0.2) is 0 Å². The number of aliphatic carboxylic acids is 1. The molecular formula is C22H24Cl3NO4. The average Bonchev–Trinajstić information content (AvgIpc) is 3.04. The molecule has 2 aromatic carbocycles. The van der Waals surface area contributed by atoms with Gasteiger partial charge in [0.25, 0.3) is 0 Å². The second-order valence-corrected chi connectivity index (χ2v) is 8.58. The second-order valence-electron chi connectivity index (χ2n) is 7.74. The van der Waals surface area contributed by atoms with Gasteiger partial charge in [0.2, 0.25) is 0 Å². The van der Waals surface area contributed by atoms with Crippen LogP contribution >= 0.6 is 35.6 Å². The zero-order chi connectivity index (χ0) is 20.4. The summed E-state index contributed by atoms with van der Waals surface area (Å²) in [4.78, 5) is 13.0. The molecule has 1 N–H and O–H groups in total. The van der Waals surface area contributed by atoms with Crippen LogP contribution in [0, 0.1) is 0 Å². The first kappa shape index (κ1) is 23.0. The molecule has 0 radical (unpaired) electrons. The molecule has 2 aliphatic heterocycles. The Kier molecular flexibility index (Phi) is 7.40. The molecule has 4 rings (SSSR count). The van der Waals surface area contributed by atoms with E-state index in [0.717, 1.165) is 43.0 Å². The van der Waals surface area contributed by atoms with E-state index in [1.807, 2.05) is 18.2 Å². The van der Waals surface area contributed by atoms with E-state index in [4.69, 9.17) is 37.8 Å². The van der Waals surface area contributed by atoms with Crippen LogP contribution in [0.2, 0.25) is 10.0 Å². The summed E-state index contributed by atoms with van der Waals surface area (Å²) in [5, 5.41) is 10.1. The predicted octanol–water partition coefficient (Wildman–Crippen LogP) is 5.19. The highest BCUT2D eigenvalue weighted by molar-refractivity contribution is 6.35. The first-order chi connectivity index (χ1) is 13.9. The Morgan fingerprint density at radius 2 is 1.93 bits per heavy atom. The lowest BCUT2D eigenvalue weighted by atomic mass is 9.74. The maximum Gasteiger partial charge on any atom is 0.304 e. The van der Waals surface area contributed by atoms with Crippen LogP contribution in [0.15, 0.2) is 36.4 Å². The molecule has 2 aromatic rings. The number of fused-ring (bicyclic) bond motifs is 2. The summed E-state index contributed by atoms with van der Waals surface area (Å²) in [6, 6.07) is 11.4. The minimum absolute atomic E-state index is 0. The summed E-state index contributed by atoms with van der Waals surface area (Å²) in [7, 11) is 0. The smallest absolute Gasteiger partial charge is 0.304 e.